The molecule has 0 aliphatic carbocycles. The number of hydrogen-bond donors (Lipinski definition) is 2. The van der Waals surface area contributed by atoms with Gasteiger partial charge in [0.15, 0.2) is 11.5 Å². The molecular weight excluding hydrogens is 485 g/mol. The molecule has 0 spiro atoms. The maximum absolute atomic E-state index is 14.0. The number of pyridine rings is 1. The summed E-state index contributed by atoms with van der Waals surface area (Å²) in [5, 5.41) is 0.970. The first kappa shape index (κ1) is 24.9. The van der Waals surface area contributed by atoms with Crippen LogP contribution in [-0.4, -0.2) is 36.1 Å². The molecule has 1 unspecified atom stereocenters. The van der Waals surface area contributed by atoms with E-state index in [1.807, 2.05) is 0 Å². The Morgan fingerprint density at radius 1 is 1.23 bits per heavy atom. The van der Waals surface area contributed by atoms with Crippen LogP contribution in [0.15, 0.2) is 23.4 Å². The van der Waals surface area contributed by atoms with Crippen LogP contribution in [0.25, 0.3) is 0 Å². The highest BCUT2D eigenvalue weighted by Crippen LogP contribution is 2.33. The number of aromatic nitrogens is 2. The Morgan fingerprint density at radius 3 is 2.32 bits per heavy atom. The molecular formula is C15H12ClF7N4O3S. The van der Waals surface area contributed by atoms with Crippen molar-refractivity contribution in [1.82, 2.24) is 14.3 Å². The number of carbonyl (C=O) groups excluding carboxylic acids is 1. The van der Waals surface area contributed by atoms with Crippen molar-refractivity contribution >= 4 is 33.2 Å². The highest BCUT2D eigenvalue weighted by Gasteiger charge is 2.40. The summed E-state index contributed by atoms with van der Waals surface area (Å²) < 4.78 is 117. The number of anilines is 1. The topological polar surface area (TPSA) is 93.1 Å². The molecule has 0 aliphatic rings. The summed E-state index contributed by atoms with van der Waals surface area (Å²) in [6, 6.07) is -1.78. The first-order chi connectivity index (χ1) is 14.0. The summed E-state index contributed by atoms with van der Waals surface area (Å²) in [6.45, 7) is 0.534. The number of nitrogens with zero attached hydrogens (tertiary/aromatic N) is 2. The number of nitrogens with one attached hydrogen (secondary N) is 2. The highest BCUT2D eigenvalue weighted by molar-refractivity contribution is 7.89. The summed E-state index contributed by atoms with van der Waals surface area (Å²) in [7, 11) is -3.76. The van der Waals surface area contributed by atoms with E-state index >= 15 is 0 Å². The van der Waals surface area contributed by atoms with Crippen LogP contribution >= 0.6 is 11.6 Å². The van der Waals surface area contributed by atoms with Crippen molar-refractivity contribution in [2.45, 2.75) is 30.2 Å². The smallest absolute Gasteiger partial charge is 0.344 e. The number of hydrogen-bond acceptors (Lipinski definition) is 4. The van der Waals surface area contributed by atoms with Gasteiger partial charge in [0, 0.05) is 19.4 Å². The fourth-order valence-corrected chi connectivity index (χ4v) is 4.23. The molecule has 1 atom stereocenters. The van der Waals surface area contributed by atoms with Gasteiger partial charge in [0.25, 0.3) is 5.91 Å². The molecule has 0 saturated carbocycles. The number of rotatable bonds is 5. The van der Waals surface area contributed by atoms with E-state index in [9.17, 15) is 43.9 Å². The van der Waals surface area contributed by atoms with Crippen LogP contribution in [-0.2, 0) is 23.2 Å². The van der Waals surface area contributed by atoms with Crippen molar-refractivity contribution in [2.75, 3.05) is 5.32 Å². The molecule has 1 amide bonds. The standard InChI is InChI=1S/C15H12ClF7N4O3S/c1-6(14(18,19)20)26-31(29,30)8-5-27(2)11(9(8)16)13(28)25-7-3-4-24-12(10(7)17)15(21,22)23/h3-6,26H,1-2H3,(H,24,25,28). The molecule has 7 nitrogen and oxygen atoms in total. The number of alkyl halides is 6. The van der Waals surface area contributed by atoms with Gasteiger partial charge in [-0.15, -0.1) is 0 Å². The molecule has 0 radical (unpaired) electrons. The first-order valence-electron chi connectivity index (χ1n) is 7.93. The molecule has 172 valence electrons. The molecule has 2 rings (SSSR count). The number of sulfonamides is 1. The fraction of sp³-hybridized carbons (Fsp3) is 0.333. The molecule has 0 saturated heterocycles. The quantitative estimate of drug-likeness (QED) is 0.617. The summed E-state index contributed by atoms with van der Waals surface area (Å²) in [5.41, 5.74) is -3.50. The Hall–Kier alpha value is -2.39. The van der Waals surface area contributed by atoms with Crippen LogP contribution in [0.4, 0.5) is 36.4 Å². The fourth-order valence-electron chi connectivity index (χ4n) is 2.30. The first-order valence-corrected chi connectivity index (χ1v) is 9.79. The molecule has 0 aromatic carbocycles. The molecule has 16 heteroatoms. The normalized spacial score (nSPS) is 13.9. The van der Waals surface area contributed by atoms with Crippen molar-refractivity contribution < 1.29 is 43.9 Å². The number of aryl methyl sites for hydroxylation is 1. The zero-order valence-corrected chi connectivity index (χ0v) is 16.9. The third-order valence-electron chi connectivity index (χ3n) is 3.82. The molecule has 0 fully saturated rings. The summed E-state index contributed by atoms with van der Waals surface area (Å²) in [6.07, 6.45) is -8.78. The number of amides is 1. The van der Waals surface area contributed by atoms with E-state index in [-0.39, 0.29) is 0 Å². The van der Waals surface area contributed by atoms with Crippen LogP contribution in [0, 0.1) is 5.82 Å². The molecule has 2 N–H and O–H groups in total. The second-order valence-electron chi connectivity index (χ2n) is 6.12. The lowest BCUT2D eigenvalue weighted by atomic mass is 10.2. The molecule has 0 aliphatic heterocycles. The summed E-state index contributed by atoms with van der Waals surface area (Å²) in [4.78, 5) is 14.4. The molecule has 2 aromatic heterocycles. The van der Waals surface area contributed by atoms with Crippen molar-refractivity contribution in [3.8, 4) is 0 Å². The van der Waals surface area contributed by atoms with E-state index in [4.69, 9.17) is 11.6 Å². The monoisotopic (exact) mass is 496 g/mol. The Morgan fingerprint density at radius 2 is 1.81 bits per heavy atom. The second-order valence-corrected chi connectivity index (χ2v) is 8.18. The number of halogens is 8. The SMILES string of the molecule is CC(NS(=O)(=O)c1cn(C)c(C(=O)Nc2ccnc(C(F)(F)F)c2F)c1Cl)C(F)(F)F. The van der Waals surface area contributed by atoms with Crippen LogP contribution in [0.3, 0.4) is 0 Å². The lowest BCUT2D eigenvalue weighted by Crippen LogP contribution is -2.42. The Kier molecular flexibility index (Phi) is 6.64. The minimum atomic E-state index is -5.16. The Balaban J connectivity index is 2.40. The largest absolute Gasteiger partial charge is 0.436 e. The maximum atomic E-state index is 14.0. The van der Waals surface area contributed by atoms with Crippen molar-refractivity contribution in [3.05, 3.63) is 40.7 Å². The average molecular weight is 497 g/mol. The van der Waals surface area contributed by atoms with E-state index in [0.717, 1.165) is 11.6 Å². The van der Waals surface area contributed by atoms with Crippen LogP contribution in [0.5, 0.6) is 0 Å². The molecule has 31 heavy (non-hydrogen) atoms. The van der Waals surface area contributed by atoms with Crippen LogP contribution in [0.2, 0.25) is 5.02 Å². The van der Waals surface area contributed by atoms with Crippen molar-refractivity contribution in [2.24, 2.45) is 7.05 Å². The molecule has 2 heterocycles. The van der Waals surface area contributed by atoms with Gasteiger partial charge < -0.3 is 9.88 Å². The van der Waals surface area contributed by atoms with Crippen molar-refractivity contribution in [3.63, 3.8) is 0 Å². The lowest BCUT2D eigenvalue weighted by molar-refractivity contribution is -0.147. The van der Waals surface area contributed by atoms with E-state index in [2.05, 4.69) is 4.98 Å². The van der Waals surface area contributed by atoms with Crippen LogP contribution in [0.1, 0.15) is 23.1 Å². The van der Waals surface area contributed by atoms with Gasteiger partial charge in [-0.25, -0.2) is 17.8 Å². The van der Waals surface area contributed by atoms with Gasteiger partial charge in [0.1, 0.15) is 16.6 Å². The van der Waals surface area contributed by atoms with E-state index in [1.54, 1.807) is 5.32 Å². The summed E-state index contributed by atoms with van der Waals surface area (Å²) in [5.74, 6) is -3.22. The highest BCUT2D eigenvalue weighted by atomic mass is 35.5. The molecule has 2 aromatic rings. The van der Waals surface area contributed by atoms with Gasteiger partial charge >= 0.3 is 12.4 Å². The predicted octanol–water partition coefficient (Wildman–Crippen LogP) is 3.71. The zero-order chi connectivity index (χ0) is 23.9. The lowest BCUT2D eigenvalue weighted by Gasteiger charge is -2.16. The van der Waals surface area contributed by atoms with E-state index in [0.29, 0.717) is 25.4 Å². The third-order valence-corrected chi connectivity index (χ3v) is 5.87. The Bertz CT molecular complexity index is 1110. The minimum Gasteiger partial charge on any atom is -0.344 e. The van der Waals surface area contributed by atoms with Gasteiger partial charge in [0.2, 0.25) is 10.0 Å². The van der Waals surface area contributed by atoms with E-state index in [1.165, 1.54) is 4.72 Å². The van der Waals surface area contributed by atoms with Gasteiger partial charge in [-0.1, -0.05) is 11.6 Å². The predicted molar refractivity (Wildman–Crippen MR) is 93.4 cm³/mol. The van der Waals surface area contributed by atoms with Gasteiger partial charge in [-0.3, -0.25) is 4.79 Å². The maximum Gasteiger partial charge on any atom is 0.436 e. The summed E-state index contributed by atoms with van der Waals surface area (Å²) >= 11 is 5.85. The second kappa shape index (κ2) is 8.27. The zero-order valence-electron chi connectivity index (χ0n) is 15.4. The van der Waals surface area contributed by atoms with Crippen LogP contribution < -0.4 is 10.0 Å². The van der Waals surface area contributed by atoms with Gasteiger partial charge in [-0.2, -0.15) is 31.1 Å². The Labute approximate surface area is 175 Å². The minimum absolute atomic E-state index is 0.534. The molecule has 0 bridgehead atoms. The average Bonchev–Trinajstić information content (AvgIpc) is 2.89. The van der Waals surface area contributed by atoms with Gasteiger partial charge in [0.05, 0.1) is 10.7 Å². The third kappa shape index (κ3) is 5.27. The number of carbonyl (C=O) groups is 1. The van der Waals surface area contributed by atoms with Crippen molar-refractivity contribution in [1.29, 1.82) is 0 Å². The van der Waals surface area contributed by atoms with E-state index < -0.39 is 67.1 Å². The van der Waals surface area contributed by atoms with Gasteiger partial charge in [-0.05, 0) is 13.0 Å².